The first kappa shape index (κ1) is 17.2. The van der Waals surface area contributed by atoms with E-state index >= 15 is 0 Å². The Morgan fingerprint density at radius 3 is 2.57 bits per heavy atom. The molecule has 0 aromatic heterocycles. The Bertz CT molecular complexity index is 733. The topological polar surface area (TPSA) is 29.1 Å². The lowest BCUT2D eigenvalue weighted by Crippen LogP contribution is -2.11. The van der Waals surface area contributed by atoms with Gasteiger partial charge in [-0.3, -0.25) is 4.79 Å². The van der Waals surface area contributed by atoms with Gasteiger partial charge < -0.3 is 5.32 Å². The highest BCUT2D eigenvalue weighted by Crippen LogP contribution is 2.27. The predicted octanol–water partition coefficient (Wildman–Crippen LogP) is 5.56. The van der Waals surface area contributed by atoms with E-state index in [1.165, 1.54) is 24.3 Å². The molecule has 0 fully saturated rings. The van der Waals surface area contributed by atoms with Gasteiger partial charge in [0.1, 0.15) is 5.82 Å². The quantitative estimate of drug-likeness (QED) is 0.730. The molecule has 1 N–H and O–H groups in total. The zero-order valence-corrected chi connectivity index (χ0v) is 14.1. The average molecular weight is 332 g/mol. The van der Waals surface area contributed by atoms with Gasteiger partial charge in [-0.25, -0.2) is 4.39 Å². The highest BCUT2D eigenvalue weighted by Gasteiger charge is 2.11. The molecule has 0 saturated carbocycles. The summed E-state index contributed by atoms with van der Waals surface area (Å²) < 4.78 is 13.7. The molecule has 2 aromatic rings. The molecule has 0 spiro atoms. The van der Waals surface area contributed by atoms with E-state index in [1.807, 2.05) is 25.1 Å². The van der Waals surface area contributed by atoms with Gasteiger partial charge in [0.05, 0.1) is 5.02 Å². The van der Waals surface area contributed by atoms with Crippen molar-refractivity contribution in [1.82, 2.24) is 0 Å². The van der Waals surface area contributed by atoms with E-state index in [0.717, 1.165) is 16.8 Å². The van der Waals surface area contributed by atoms with Gasteiger partial charge in [0, 0.05) is 17.3 Å². The molecular weight excluding hydrogens is 313 g/mol. The van der Waals surface area contributed by atoms with Crippen molar-refractivity contribution in [3.8, 4) is 0 Å². The molecule has 0 radical (unpaired) electrons. The maximum Gasteiger partial charge on any atom is 0.248 e. The summed E-state index contributed by atoms with van der Waals surface area (Å²) in [6, 6.07) is 10.3. The number of benzene rings is 2. The minimum atomic E-state index is -0.458. The Morgan fingerprint density at radius 1 is 1.22 bits per heavy atom. The predicted molar refractivity (Wildman–Crippen MR) is 94.3 cm³/mol. The Morgan fingerprint density at radius 2 is 1.91 bits per heavy atom. The van der Waals surface area contributed by atoms with Crippen LogP contribution in [0, 0.1) is 12.7 Å². The molecule has 0 saturated heterocycles. The Labute approximate surface area is 141 Å². The normalized spacial score (nSPS) is 11.2. The summed E-state index contributed by atoms with van der Waals surface area (Å²) in [5.74, 6) is -0.490. The van der Waals surface area contributed by atoms with Gasteiger partial charge in [-0.1, -0.05) is 49.7 Å². The zero-order chi connectivity index (χ0) is 17.0. The second-order valence-electron chi connectivity index (χ2n) is 5.65. The summed E-state index contributed by atoms with van der Waals surface area (Å²) in [4.78, 5) is 12.2. The van der Waals surface area contributed by atoms with E-state index in [2.05, 4.69) is 19.2 Å². The molecule has 2 nitrogen and oxygen atoms in total. The molecule has 0 unspecified atom stereocenters. The molecule has 2 rings (SSSR count). The van der Waals surface area contributed by atoms with Gasteiger partial charge in [0.15, 0.2) is 0 Å². The summed E-state index contributed by atoms with van der Waals surface area (Å²) in [5, 5.41) is 3.15. The minimum Gasteiger partial charge on any atom is -0.322 e. The van der Waals surface area contributed by atoms with Crippen LogP contribution in [0.5, 0.6) is 0 Å². The third-order valence-electron chi connectivity index (χ3n) is 3.58. The van der Waals surface area contributed by atoms with Crippen LogP contribution in [0.1, 0.15) is 36.5 Å². The first-order valence-electron chi connectivity index (χ1n) is 7.42. The fourth-order valence-corrected chi connectivity index (χ4v) is 2.56. The lowest BCUT2D eigenvalue weighted by molar-refractivity contribution is -0.111. The lowest BCUT2D eigenvalue weighted by Gasteiger charge is -2.15. The second-order valence-corrected chi connectivity index (χ2v) is 6.06. The van der Waals surface area contributed by atoms with E-state index in [-0.39, 0.29) is 22.4 Å². The molecular formula is C19H19ClFNO. The lowest BCUT2D eigenvalue weighted by atomic mass is 9.98. The first-order chi connectivity index (χ1) is 10.9. The summed E-state index contributed by atoms with van der Waals surface area (Å²) >= 11 is 5.94. The number of nitrogens with one attached hydrogen (secondary N) is 1. The maximum atomic E-state index is 13.7. The van der Waals surface area contributed by atoms with Crippen LogP contribution in [0.3, 0.4) is 0 Å². The van der Waals surface area contributed by atoms with Crippen molar-refractivity contribution < 1.29 is 9.18 Å². The fraction of sp³-hybridized carbons (Fsp3) is 0.211. The van der Waals surface area contributed by atoms with E-state index in [1.54, 1.807) is 6.07 Å². The molecule has 1 amide bonds. The molecule has 0 atom stereocenters. The van der Waals surface area contributed by atoms with Gasteiger partial charge in [-0.2, -0.15) is 0 Å². The van der Waals surface area contributed by atoms with E-state index in [4.69, 9.17) is 11.6 Å². The minimum absolute atomic E-state index is 0.207. The summed E-state index contributed by atoms with van der Waals surface area (Å²) in [6.45, 7) is 6.08. The van der Waals surface area contributed by atoms with Crippen molar-refractivity contribution in [2.75, 3.05) is 5.32 Å². The number of hydrogen-bond donors (Lipinski definition) is 1. The van der Waals surface area contributed by atoms with Crippen LogP contribution < -0.4 is 5.32 Å². The smallest absolute Gasteiger partial charge is 0.248 e. The molecule has 120 valence electrons. The molecule has 0 aliphatic heterocycles. The number of halogens is 2. The average Bonchev–Trinajstić information content (AvgIpc) is 2.48. The summed E-state index contributed by atoms with van der Waals surface area (Å²) in [7, 11) is 0. The third kappa shape index (κ3) is 4.20. The molecule has 4 heteroatoms. The molecule has 0 aliphatic carbocycles. The largest absolute Gasteiger partial charge is 0.322 e. The SMILES string of the molecule is Cc1cccc(C(C)C)c1NC(=O)C=Cc1c(F)cccc1Cl. The monoisotopic (exact) mass is 331 g/mol. The Balaban J connectivity index is 2.22. The van der Waals surface area contributed by atoms with Crippen LogP contribution in [0.25, 0.3) is 6.08 Å². The van der Waals surface area contributed by atoms with Crippen LogP contribution in [0.2, 0.25) is 5.02 Å². The van der Waals surface area contributed by atoms with E-state index in [9.17, 15) is 9.18 Å². The van der Waals surface area contributed by atoms with Crippen molar-refractivity contribution in [1.29, 1.82) is 0 Å². The van der Waals surface area contributed by atoms with Crippen molar-refractivity contribution in [2.45, 2.75) is 26.7 Å². The van der Waals surface area contributed by atoms with Crippen LogP contribution >= 0.6 is 11.6 Å². The number of carbonyl (C=O) groups excluding carboxylic acids is 1. The summed E-state index contributed by atoms with van der Waals surface area (Å²) in [5.41, 5.74) is 3.06. The highest BCUT2D eigenvalue weighted by atomic mass is 35.5. The Hall–Kier alpha value is -2.13. The molecule has 2 aromatic carbocycles. The number of hydrogen-bond acceptors (Lipinski definition) is 1. The van der Waals surface area contributed by atoms with Gasteiger partial charge in [0.2, 0.25) is 5.91 Å². The van der Waals surface area contributed by atoms with Crippen molar-refractivity contribution in [2.24, 2.45) is 0 Å². The van der Waals surface area contributed by atoms with Crippen LogP contribution in [-0.4, -0.2) is 5.91 Å². The number of para-hydroxylation sites is 1. The highest BCUT2D eigenvalue weighted by molar-refractivity contribution is 6.32. The molecule has 0 heterocycles. The number of aryl methyl sites for hydroxylation is 1. The Kier molecular flexibility index (Phi) is 5.56. The fourth-order valence-electron chi connectivity index (χ4n) is 2.34. The van der Waals surface area contributed by atoms with Gasteiger partial charge in [-0.15, -0.1) is 0 Å². The number of anilines is 1. The third-order valence-corrected chi connectivity index (χ3v) is 3.91. The van der Waals surface area contributed by atoms with Gasteiger partial charge in [0.25, 0.3) is 0 Å². The summed E-state index contributed by atoms with van der Waals surface area (Å²) in [6.07, 6.45) is 2.68. The number of carbonyl (C=O) groups is 1. The van der Waals surface area contributed by atoms with E-state index in [0.29, 0.717) is 0 Å². The van der Waals surface area contributed by atoms with Gasteiger partial charge in [-0.05, 0) is 42.2 Å². The second kappa shape index (κ2) is 7.42. The zero-order valence-electron chi connectivity index (χ0n) is 13.4. The molecule has 0 bridgehead atoms. The maximum absolute atomic E-state index is 13.7. The van der Waals surface area contributed by atoms with Crippen molar-refractivity contribution in [3.05, 3.63) is 70.0 Å². The van der Waals surface area contributed by atoms with Gasteiger partial charge >= 0.3 is 0 Å². The first-order valence-corrected chi connectivity index (χ1v) is 7.80. The standard InChI is InChI=1S/C19H19ClFNO/c1-12(2)14-7-4-6-13(3)19(14)22-18(23)11-10-15-16(20)8-5-9-17(15)21/h4-12H,1-3H3,(H,22,23). The van der Waals surface area contributed by atoms with Crippen LogP contribution in [0.4, 0.5) is 10.1 Å². The van der Waals surface area contributed by atoms with Crippen LogP contribution in [-0.2, 0) is 4.79 Å². The number of rotatable bonds is 4. The van der Waals surface area contributed by atoms with Crippen molar-refractivity contribution >= 4 is 29.3 Å². The molecule has 0 aliphatic rings. The van der Waals surface area contributed by atoms with Crippen LogP contribution in [0.15, 0.2) is 42.5 Å². The number of amides is 1. The molecule has 23 heavy (non-hydrogen) atoms. The van der Waals surface area contributed by atoms with E-state index < -0.39 is 5.82 Å². The van der Waals surface area contributed by atoms with Crippen molar-refractivity contribution in [3.63, 3.8) is 0 Å².